The van der Waals surface area contributed by atoms with Gasteiger partial charge >= 0.3 is 0 Å². The fraction of sp³-hybridized carbons (Fsp3) is 0.700. The number of rotatable bonds is 2. The van der Waals surface area contributed by atoms with Crippen LogP contribution in [0.1, 0.15) is 39.0 Å². The Labute approximate surface area is 74.0 Å². The smallest absolute Gasteiger partial charge is 0.147 e. The molecule has 1 aliphatic heterocycles. The first-order valence-corrected chi connectivity index (χ1v) is 4.79. The molecule has 2 heteroatoms. The van der Waals surface area contributed by atoms with Crippen LogP contribution in [0.5, 0.6) is 0 Å². The van der Waals surface area contributed by atoms with Crippen molar-refractivity contribution in [3.8, 4) is 0 Å². The van der Waals surface area contributed by atoms with E-state index in [1.165, 1.54) is 25.0 Å². The van der Waals surface area contributed by atoms with Crippen LogP contribution in [-0.2, 0) is 4.79 Å². The van der Waals surface area contributed by atoms with Crippen molar-refractivity contribution in [3.63, 3.8) is 0 Å². The van der Waals surface area contributed by atoms with Gasteiger partial charge in [0.25, 0.3) is 0 Å². The second kappa shape index (κ2) is 4.96. The molecule has 1 rings (SSSR count). The van der Waals surface area contributed by atoms with Gasteiger partial charge in [0.1, 0.15) is 6.29 Å². The van der Waals surface area contributed by atoms with Crippen molar-refractivity contribution in [3.05, 3.63) is 11.3 Å². The van der Waals surface area contributed by atoms with Crippen LogP contribution in [0.3, 0.4) is 0 Å². The van der Waals surface area contributed by atoms with E-state index in [1.54, 1.807) is 0 Å². The number of carbonyl (C=O) groups is 1. The molecule has 0 saturated carbocycles. The highest BCUT2D eigenvalue weighted by Gasteiger charge is 2.07. The predicted octanol–water partition coefficient (Wildman–Crippen LogP) is 2.01. The lowest BCUT2D eigenvalue weighted by Crippen LogP contribution is -2.14. The Bertz CT molecular complexity index is 174. The summed E-state index contributed by atoms with van der Waals surface area (Å²) >= 11 is 0. The Kier molecular flexibility index (Phi) is 3.85. The Hall–Kier alpha value is -0.790. The predicted molar refractivity (Wildman–Crippen MR) is 49.9 cm³/mol. The van der Waals surface area contributed by atoms with Gasteiger partial charge in [-0.15, -0.1) is 0 Å². The van der Waals surface area contributed by atoms with Crippen molar-refractivity contribution < 1.29 is 4.79 Å². The summed E-state index contributed by atoms with van der Waals surface area (Å²) in [4.78, 5) is 10.6. The molecule has 12 heavy (non-hydrogen) atoms. The number of aldehydes is 1. The van der Waals surface area contributed by atoms with Gasteiger partial charge in [0, 0.05) is 17.8 Å². The highest BCUT2D eigenvalue weighted by molar-refractivity contribution is 5.74. The summed E-state index contributed by atoms with van der Waals surface area (Å²) in [7, 11) is 0. The van der Waals surface area contributed by atoms with Crippen LogP contribution < -0.4 is 5.32 Å². The van der Waals surface area contributed by atoms with Gasteiger partial charge in [0.05, 0.1) is 0 Å². The van der Waals surface area contributed by atoms with Crippen molar-refractivity contribution in [1.29, 1.82) is 0 Å². The van der Waals surface area contributed by atoms with Crippen LogP contribution in [0, 0.1) is 0 Å². The van der Waals surface area contributed by atoms with Crippen LogP contribution in [0.25, 0.3) is 0 Å². The number of nitrogens with one attached hydrogen (secondary N) is 1. The Morgan fingerprint density at radius 3 is 3.00 bits per heavy atom. The summed E-state index contributed by atoms with van der Waals surface area (Å²) in [6.45, 7) is 3.07. The maximum Gasteiger partial charge on any atom is 0.147 e. The third-order valence-electron chi connectivity index (χ3n) is 2.35. The van der Waals surface area contributed by atoms with Gasteiger partial charge in [0.2, 0.25) is 0 Å². The van der Waals surface area contributed by atoms with Crippen LogP contribution in [-0.4, -0.2) is 12.8 Å². The van der Waals surface area contributed by atoms with Crippen molar-refractivity contribution >= 4 is 6.29 Å². The Morgan fingerprint density at radius 2 is 2.33 bits per heavy atom. The number of hydrogen-bond acceptors (Lipinski definition) is 2. The minimum absolute atomic E-state index is 0.853. The topological polar surface area (TPSA) is 29.1 Å². The molecule has 0 bridgehead atoms. The van der Waals surface area contributed by atoms with E-state index in [0.717, 1.165) is 31.2 Å². The molecule has 0 unspecified atom stereocenters. The van der Waals surface area contributed by atoms with Gasteiger partial charge in [-0.25, -0.2) is 0 Å². The summed E-state index contributed by atoms with van der Waals surface area (Å²) < 4.78 is 0. The molecule has 0 spiro atoms. The largest absolute Gasteiger partial charge is 0.388 e. The average molecular weight is 167 g/mol. The molecule has 1 saturated heterocycles. The molecule has 0 amide bonds. The minimum Gasteiger partial charge on any atom is -0.388 e. The Balaban J connectivity index is 2.67. The molecule has 1 N–H and O–H groups in total. The molecule has 1 aliphatic rings. The average Bonchev–Trinajstić information content (AvgIpc) is 2.35. The first kappa shape index (κ1) is 9.30. The van der Waals surface area contributed by atoms with Crippen molar-refractivity contribution in [2.45, 2.75) is 39.0 Å². The van der Waals surface area contributed by atoms with Crippen LogP contribution in [0.15, 0.2) is 11.3 Å². The van der Waals surface area contributed by atoms with Crippen LogP contribution >= 0.6 is 0 Å². The molecule has 0 aromatic rings. The summed E-state index contributed by atoms with van der Waals surface area (Å²) in [5, 5.41) is 3.33. The summed E-state index contributed by atoms with van der Waals surface area (Å²) in [6.07, 6.45) is 6.65. The van der Waals surface area contributed by atoms with Crippen LogP contribution in [0.2, 0.25) is 0 Å². The third kappa shape index (κ3) is 2.36. The monoisotopic (exact) mass is 167 g/mol. The van der Waals surface area contributed by atoms with E-state index in [4.69, 9.17) is 0 Å². The maximum absolute atomic E-state index is 10.6. The second-order valence-corrected chi connectivity index (χ2v) is 3.21. The lowest BCUT2D eigenvalue weighted by Gasteiger charge is -2.08. The molecule has 68 valence electrons. The fourth-order valence-electron chi connectivity index (χ4n) is 1.57. The van der Waals surface area contributed by atoms with Crippen LogP contribution in [0.4, 0.5) is 0 Å². The maximum atomic E-state index is 10.6. The SMILES string of the molecule is CC/C(C=O)=C1/CCCCCN1. The van der Waals surface area contributed by atoms with Crippen molar-refractivity contribution in [1.82, 2.24) is 5.32 Å². The molecule has 0 aromatic heterocycles. The van der Waals surface area contributed by atoms with Gasteiger partial charge in [-0.2, -0.15) is 0 Å². The molecule has 0 aromatic carbocycles. The van der Waals surface area contributed by atoms with E-state index >= 15 is 0 Å². The van der Waals surface area contributed by atoms with Crippen molar-refractivity contribution in [2.75, 3.05) is 6.54 Å². The zero-order chi connectivity index (χ0) is 8.81. The van der Waals surface area contributed by atoms with E-state index in [0.29, 0.717) is 0 Å². The minimum atomic E-state index is 0.853. The van der Waals surface area contributed by atoms with E-state index < -0.39 is 0 Å². The number of hydrogen-bond donors (Lipinski definition) is 1. The lowest BCUT2D eigenvalue weighted by molar-refractivity contribution is -0.105. The van der Waals surface area contributed by atoms with E-state index in [-0.39, 0.29) is 0 Å². The zero-order valence-corrected chi connectivity index (χ0v) is 7.73. The summed E-state index contributed by atoms with van der Waals surface area (Å²) in [6, 6.07) is 0. The zero-order valence-electron chi connectivity index (χ0n) is 7.73. The quantitative estimate of drug-likeness (QED) is 0.503. The first-order chi connectivity index (χ1) is 5.88. The molecule has 2 nitrogen and oxygen atoms in total. The van der Waals surface area contributed by atoms with E-state index in [2.05, 4.69) is 5.32 Å². The van der Waals surface area contributed by atoms with E-state index in [1.807, 2.05) is 6.92 Å². The standard InChI is InChI=1S/C10H17NO/c1-2-9(8-12)10-6-4-3-5-7-11-10/h8,11H,2-7H2,1H3/b10-9+. The van der Waals surface area contributed by atoms with Gasteiger partial charge in [-0.1, -0.05) is 13.3 Å². The molecular weight excluding hydrogens is 150 g/mol. The molecule has 0 aliphatic carbocycles. The van der Waals surface area contributed by atoms with Gasteiger partial charge < -0.3 is 5.32 Å². The lowest BCUT2D eigenvalue weighted by atomic mass is 10.1. The molecule has 1 heterocycles. The second-order valence-electron chi connectivity index (χ2n) is 3.21. The summed E-state index contributed by atoms with van der Waals surface area (Å²) in [5.41, 5.74) is 2.14. The van der Waals surface area contributed by atoms with Gasteiger partial charge in [-0.3, -0.25) is 4.79 Å². The molecule has 0 atom stereocenters. The molecule has 0 radical (unpaired) electrons. The normalized spacial score (nSPS) is 22.4. The highest BCUT2D eigenvalue weighted by atomic mass is 16.1. The number of carbonyl (C=O) groups excluding carboxylic acids is 1. The Morgan fingerprint density at radius 1 is 1.50 bits per heavy atom. The summed E-state index contributed by atoms with van der Waals surface area (Å²) in [5.74, 6) is 0. The molecule has 1 fully saturated rings. The highest BCUT2D eigenvalue weighted by Crippen LogP contribution is 2.15. The van der Waals surface area contributed by atoms with Gasteiger partial charge in [-0.05, 0) is 25.7 Å². The third-order valence-corrected chi connectivity index (χ3v) is 2.35. The van der Waals surface area contributed by atoms with E-state index in [9.17, 15) is 4.79 Å². The fourth-order valence-corrected chi connectivity index (χ4v) is 1.57. The first-order valence-electron chi connectivity index (χ1n) is 4.79. The number of allylic oxidation sites excluding steroid dienone is 2. The van der Waals surface area contributed by atoms with Gasteiger partial charge in [0.15, 0.2) is 0 Å². The van der Waals surface area contributed by atoms with Crippen molar-refractivity contribution in [2.24, 2.45) is 0 Å². The molecular formula is C10H17NO.